The molecule has 0 aliphatic carbocycles. The van der Waals surface area contributed by atoms with Crippen LogP contribution < -0.4 is 10.6 Å². The number of carbonyl (C=O) groups is 2. The van der Waals surface area contributed by atoms with Gasteiger partial charge in [-0.1, -0.05) is 24.3 Å². The standard InChI is InChI=1S/C18H17N3O2/c1-2-3-4-8-17(22)20-15-6-5-7-16(13-15)21-18(23)14-9-11-19-12-10-14/h2-13H,1H3,(H,20,22)(H,21,23). The number of amides is 2. The molecule has 0 saturated heterocycles. The summed E-state index contributed by atoms with van der Waals surface area (Å²) < 4.78 is 0. The van der Waals surface area contributed by atoms with Crippen molar-refractivity contribution in [2.45, 2.75) is 6.92 Å². The van der Waals surface area contributed by atoms with Crippen LogP contribution >= 0.6 is 0 Å². The second-order valence-corrected chi connectivity index (χ2v) is 4.64. The molecule has 5 heteroatoms. The molecule has 2 rings (SSSR count). The Balaban J connectivity index is 2.02. The van der Waals surface area contributed by atoms with Gasteiger partial charge in [-0.2, -0.15) is 0 Å². The summed E-state index contributed by atoms with van der Waals surface area (Å²) in [7, 11) is 0. The van der Waals surface area contributed by atoms with Crippen LogP contribution in [0.5, 0.6) is 0 Å². The minimum Gasteiger partial charge on any atom is -0.322 e. The fraction of sp³-hybridized carbons (Fsp3) is 0.0556. The Kier molecular flexibility index (Phi) is 5.82. The average molecular weight is 307 g/mol. The van der Waals surface area contributed by atoms with Crippen molar-refractivity contribution in [3.05, 3.63) is 78.7 Å². The number of hydrogen-bond donors (Lipinski definition) is 2. The molecule has 0 bridgehead atoms. The third-order valence-corrected chi connectivity index (χ3v) is 2.88. The van der Waals surface area contributed by atoms with Crippen molar-refractivity contribution in [1.29, 1.82) is 0 Å². The number of benzene rings is 1. The summed E-state index contributed by atoms with van der Waals surface area (Å²) in [6.45, 7) is 1.87. The molecule has 5 nitrogen and oxygen atoms in total. The SMILES string of the molecule is CC=CC=CC(=O)Nc1cccc(NC(=O)c2ccncc2)c1. The van der Waals surface area contributed by atoms with Crippen LogP contribution in [0.2, 0.25) is 0 Å². The van der Waals surface area contributed by atoms with Crippen LogP contribution in [0, 0.1) is 0 Å². The van der Waals surface area contributed by atoms with Crippen molar-refractivity contribution < 1.29 is 9.59 Å². The van der Waals surface area contributed by atoms with E-state index in [1.165, 1.54) is 6.08 Å². The molecular weight excluding hydrogens is 290 g/mol. The maximum absolute atomic E-state index is 12.1. The minimum atomic E-state index is -0.235. The summed E-state index contributed by atoms with van der Waals surface area (Å²) in [6, 6.07) is 10.2. The van der Waals surface area contributed by atoms with E-state index in [4.69, 9.17) is 0 Å². The van der Waals surface area contributed by atoms with Crippen molar-refractivity contribution in [2.24, 2.45) is 0 Å². The molecule has 0 saturated carbocycles. The highest BCUT2D eigenvalue weighted by Crippen LogP contribution is 2.16. The van der Waals surface area contributed by atoms with E-state index in [1.54, 1.807) is 60.9 Å². The van der Waals surface area contributed by atoms with Crippen LogP contribution in [-0.4, -0.2) is 16.8 Å². The van der Waals surface area contributed by atoms with E-state index in [9.17, 15) is 9.59 Å². The Hall–Kier alpha value is -3.21. The Morgan fingerprint density at radius 3 is 2.39 bits per heavy atom. The quantitative estimate of drug-likeness (QED) is 0.657. The lowest BCUT2D eigenvalue weighted by Gasteiger charge is -2.07. The van der Waals surface area contributed by atoms with Gasteiger partial charge in [-0.05, 0) is 37.3 Å². The van der Waals surface area contributed by atoms with E-state index in [-0.39, 0.29) is 11.8 Å². The Labute approximate surface area is 134 Å². The summed E-state index contributed by atoms with van der Waals surface area (Å²) >= 11 is 0. The predicted octanol–water partition coefficient (Wildman–Crippen LogP) is 3.40. The fourth-order valence-corrected chi connectivity index (χ4v) is 1.82. The lowest BCUT2D eigenvalue weighted by Crippen LogP contribution is -2.12. The molecule has 2 amide bonds. The van der Waals surface area contributed by atoms with Crippen LogP contribution in [0.4, 0.5) is 11.4 Å². The molecule has 1 aromatic carbocycles. The number of aromatic nitrogens is 1. The minimum absolute atomic E-state index is 0.233. The van der Waals surface area contributed by atoms with Crippen LogP contribution in [0.25, 0.3) is 0 Å². The number of anilines is 2. The highest BCUT2D eigenvalue weighted by molar-refractivity contribution is 6.05. The van der Waals surface area contributed by atoms with Gasteiger partial charge in [0.25, 0.3) is 5.91 Å². The van der Waals surface area contributed by atoms with E-state index in [1.807, 2.05) is 13.0 Å². The highest BCUT2D eigenvalue weighted by atomic mass is 16.2. The molecule has 2 aromatic rings. The maximum Gasteiger partial charge on any atom is 0.255 e. The van der Waals surface area contributed by atoms with E-state index in [0.717, 1.165) is 0 Å². The number of hydrogen-bond acceptors (Lipinski definition) is 3. The van der Waals surface area contributed by atoms with Gasteiger partial charge in [-0.25, -0.2) is 0 Å². The predicted molar refractivity (Wildman–Crippen MR) is 91.2 cm³/mol. The first-order valence-electron chi connectivity index (χ1n) is 7.11. The van der Waals surface area contributed by atoms with E-state index < -0.39 is 0 Å². The second kappa shape index (κ2) is 8.29. The zero-order valence-electron chi connectivity index (χ0n) is 12.7. The van der Waals surface area contributed by atoms with Crippen molar-refractivity contribution in [3.63, 3.8) is 0 Å². The zero-order chi connectivity index (χ0) is 16.5. The largest absolute Gasteiger partial charge is 0.322 e. The molecule has 0 radical (unpaired) electrons. The lowest BCUT2D eigenvalue weighted by atomic mass is 10.2. The molecule has 0 aliphatic rings. The fourth-order valence-electron chi connectivity index (χ4n) is 1.82. The number of allylic oxidation sites excluding steroid dienone is 3. The third kappa shape index (κ3) is 5.24. The summed E-state index contributed by atoms with van der Waals surface area (Å²) in [4.78, 5) is 27.7. The highest BCUT2D eigenvalue weighted by Gasteiger charge is 2.06. The number of nitrogens with one attached hydrogen (secondary N) is 2. The second-order valence-electron chi connectivity index (χ2n) is 4.64. The van der Waals surface area contributed by atoms with Crippen LogP contribution in [0.3, 0.4) is 0 Å². The molecule has 2 N–H and O–H groups in total. The molecule has 0 unspecified atom stereocenters. The summed E-state index contributed by atoms with van der Waals surface area (Å²) in [5.74, 6) is -0.468. The third-order valence-electron chi connectivity index (χ3n) is 2.88. The number of nitrogens with zero attached hydrogens (tertiary/aromatic N) is 1. The van der Waals surface area contributed by atoms with Gasteiger partial charge in [0.15, 0.2) is 0 Å². The first kappa shape index (κ1) is 16.2. The van der Waals surface area contributed by atoms with Crippen LogP contribution in [-0.2, 0) is 4.79 Å². The van der Waals surface area contributed by atoms with Gasteiger partial charge in [-0.3, -0.25) is 14.6 Å². The van der Waals surface area contributed by atoms with Crippen molar-refractivity contribution in [1.82, 2.24) is 4.98 Å². The molecule has 1 heterocycles. The summed E-state index contributed by atoms with van der Waals surface area (Å²) in [6.07, 6.45) is 9.81. The van der Waals surface area contributed by atoms with Crippen LogP contribution in [0.15, 0.2) is 73.1 Å². The van der Waals surface area contributed by atoms with Gasteiger partial charge < -0.3 is 10.6 Å². The monoisotopic (exact) mass is 307 g/mol. The lowest BCUT2D eigenvalue weighted by molar-refractivity contribution is -0.111. The number of pyridine rings is 1. The average Bonchev–Trinajstić information content (AvgIpc) is 2.56. The summed E-state index contributed by atoms with van der Waals surface area (Å²) in [5, 5.41) is 5.51. The van der Waals surface area contributed by atoms with Gasteiger partial charge >= 0.3 is 0 Å². The van der Waals surface area contributed by atoms with Gasteiger partial charge in [-0.15, -0.1) is 0 Å². The Morgan fingerprint density at radius 2 is 1.70 bits per heavy atom. The first-order chi connectivity index (χ1) is 11.2. The first-order valence-corrected chi connectivity index (χ1v) is 7.11. The van der Waals surface area contributed by atoms with Crippen molar-refractivity contribution in [2.75, 3.05) is 10.6 Å². The molecule has 116 valence electrons. The van der Waals surface area contributed by atoms with E-state index >= 15 is 0 Å². The maximum atomic E-state index is 12.1. The molecule has 23 heavy (non-hydrogen) atoms. The molecule has 0 fully saturated rings. The molecular formula is C18H17N3O2. The van der Waals surface area contributed by atoms with Gasteiger partial charge in [0.1, 0.15) is 0 Å². The zero-order valence-corrected chi connectivity index (χ0v) is 12.7. The molecule has 0 spiro atoms. The molecule has 0 atom stereocenters. The number of rotatable bonds is 5. The topological polar surface area (TPSA) is 71.1 Å². The van der Waals surface area contributed by atoms with Gasteiger partial charge in [0, 0.05) is 35.4 Å². The van der Waals surface area contributed by atoms with E-state index in [0.29, 0.717) is 16.9 Å². The van der Waals surface area contributed by atoms with Gasteiger partial charge in [0.05, 0.1) is 0 Å². The molecule has 0 aliphatic heterocycles. The summed E-state index contributed by atoms with van der Waals surface area (Å²) in [5.41, 5.74) is 1.72. The van der Waals surface area contributed by atoms with Gasteiger partial charge in [0.2, 0.25) is 5.91 Å². The normalized spacial score (nSPS) is 10.8. The Bertz CT molecular complexity index is 737. The smallest absolute Gasteiger partial charge is 0.255 e. The number of carbonyl (C=O) groups excluding carboxylic acids is 2. The molecule has 1 aromatic heterocycles. The van der Waals surface area contributed by atoms with Crippen molar-refractivity contribution in [3.8, 4) is 0 Å². The van der Waals surface area contributed by atoms with E-state index in [2.05, 4.69) is 15.6 Å². The Morgan fingerprint density at radius 1 is 1.00 bits per heavy atom. The van der Waals surface area contributed by atoms with Crippen molar-refractivity contribution >= 4 is 23.2 Å². The van der Waals surface area contributed by atoms with Crippen LogP contribution in [0.1, 0.15) is 17.3 Å².